The summed E-state index contributed by atoms with van der Waals surface area (Å²) in [6, 6.07) is 3.78. The van der Waals surface area contributed by atoms with Crippen molar-refractivity contribution < 1.29 is 13.2 Å². The molecule has 1 amide bonds. The van der Waals surface area contributed by atoms with Gasteiger partial charge in [0.25, 0.3) is 0 Å². The van der Waals surface area contributed by atoms with Gasteiger partial charge in [-0.05, 0) is 47.0 Å². The number of nitrogens with one attached hydrogen (secondary N) is 1. The summed E-state index contributed by atoms with van der Waals surface area (Å²) in [6.07, 6.45) is 1.21. The molecule has 1 aliphatic heterocycles. The van der Waals surface area contributed by atoms with Crippen molar-refractivity contribution in [1.29, 1.82) is 0 Å². The summed E-state index contributed by atoms with van der Waals surface area (Å²) in [5.74, 6) is -0.279. The average molecular weight is 382 g/mol. The van der Waals surface area contributed by atoms with Crippen LogP contribution in [0.2, 0.25) is 5.02 Å². The molecule has 1 aliphatic rings. The van der Waals surface area contributed by atoms with Crippen LogP contribution < -0.4 is 5.32 Å². The van der Waals surface area contributed by atoms with Crippen LogP contribution in [0.4, 0.5) is 0 Å². The molecule has 1 heterocycles. The molecule has 0 spiro atoms. The molecule has 8 heteroatoms. The first-order chi connectivity index (χ1) is 9.37. The number of rotatable bonds is 3. The second-order valence-electron chi connectivity index (χ2n) is 4.46. The van der Waals surface area contributed by atoms with E-state index in [2.05, 4.69) is 21.2 Å². The number of halogens is 2. The average Bonchev–Trinajstić information content (AvgIpc) is 2.90. The summed E-state index contributed by atoms with van der Waals surface area (Å²) in [4.78, 5) is 11.9. The van der Waals surface area contributed by atoms with E-state index in [4.69, 9.17) is 11.6 Å². The Labute approximate surface area is 131 Å². The summed E-state index contributed by atoms with van der Waals surface area (Å²) in [5, 5.41) is 2.94. The van der Waals surface area contributed by atoms with E-state index in [-0.39, 0.29) is 10.8 Å². The second kappa shape index (κ2) is 6.01. The molecule has 0 aromatic heterocycles. The Morgan fingerprint density at radius 2 is 2.20 bits per heavy atom. The second-order valence-corrected chi connectivity index (χ2v) is 7.62. The monoisotopic (exact) mass is 380 g/mol. The molecule has 1 fully saturated rings. The fourth-order valence-corrected chi connectivity index (χ4v) is 4.56. The van der Waals surface area contributed by atoms with Crippen molar-refractivity contribution >= 4 is 43.5 Å². The minimum absolute atomic E-state index is 0.129. The Morgan fingerprint density at radius 1 is 1.50 bits per heavy atom. The lowest BCUT2D eigenvalue weighted by atomic mass is 10.2. The molecule has 1 unspecified atom stereocenters. The third-order valence-electron chi connectivity index (χ3n) is 3.25. The van der Waals surface area contributed by atoms with Gasteiger partial charge in [-0.25, -0.2) is 8.42 Å². The number of likely N-dealkylation sites (N-methyl/N-ethyl adjacent to an activating group) is 1. The van der Waals surface area contributed by atoms with Gasteiger partial charge in [0.15, 0.2) is 0 Å². The lowest BCUT2D eigenvalue weighted by Crippen LogP contribution is -2.44. The van der Waals surface area contributed by atoms with Crippen LogP contribution in [0.25, 0.3) is 0 Å². The van der Waals surface area contributed by atoms with Crippen molar-refractivity contribution in [3.8, 4) is 0 Å². The van der Waals surface area contributed by atoms with Crippen LogP contribution in [0.15, 0.2) is 27.6 Å². The molecule has 0 bridgehead atoms. The van der Waals surface area contributed by atoms with E-state index in [9.17, 15) is 13.2 Å². The molecule has 1 atom stereocenters. The van der Waals surface area contributed by atoms with Gasteiger partial charge in [0.2, 0.25) is 15.9 Å². The molecule has 110 valence electrons. The first-order valence-electron chi connectivity index (χ1n) is 6.06. The molecule has 1 aromatic rings. The van der Waals surface area contributed by atoms with E-state index in [1.165, 1.54) is 29.6 Å². The van der Waals surface area contributed by atoms with Gasteiger partial charge >= 0.3 is 0 Å². The van der Waals surface area contributed by atoms with Gasteiger partial charge in [0.1, 0.15) is 6.04 Å². The maximum atomic E-state index is 12.6. The lowest BCUT2D eigenvalue weighted by Gasteiger charge is -2.22. The molecule has 1 N–H and O–H groups in total. The summed E-state index contributed by atoms with van der Waals surface area (Å²) in [7, 11) is -2.19. The van der Waals surface area contributed by atoms with Gasteiger partial charge in [0, 0.05) is 18.1 Å². The predicted molar refractivity (Wildman–Crippen MR) is 80.1 cm³/mol. The summed E-state index contributed by atoms with van der Waals surface area (Å²) < 4.78 is 27.0. The number of amides is 1. The van der Waals surface area contributed by atoms with Gasteiger partial charge in [-0.3, -0.25) is 4.79 Å². The number of carbonyl (C=O) groups is 1. The number of sulfonamides is 1. The Morgan fingerprint density at radius 3 is 2.80 bits per heavy atom. The van der Waals surface area contributed by atoms with Crippen molar-refractivity contribution in [2.75, 3.05) is 13.6 Å². The van der Waals surface area contributed by atoms with Crippen LogP contribution in [-0.4, -0.2) is 38.3 Å². The highest BCUT2D eigenvalue weighted by atomic mass is 79.9. The maximum Gasteiger partial charge on any atom is 0.243 e. The molecule has 5 nitrogen and oxygen atoms in total. The summed E-state index contributed by atoms with van der Waals surface area (Å²) >= 11 is 9.08. The van der Waals surface area contributed by atoms with E-state index in [0.717, 1.165) is 0 Å². The standard InChI is InChI=1S/C12H14BrClN2O3S/c1-15-12(17)11-3-2-6-16(11)20(18,19)8-4-5-10(14)9(13)7-8/h4-5,7,11H,2-3,6H2,1H3,(H,15,17). The highest BCUT2D eigenvalue weighted by Crippen LogP contribution is 2.30. The molecule has 1 aromatic carbocycles. The van der Waals surface area contributed by atoms with Crippen molar-refractivity contribution in [2.24, 2.45) is 0 Å². The number of benzene rings is 1. The highest BCUT2D eigenvalue weighted by molar-refractivity contribution is 9.10. The van der Waals surface area contributed by atoms with Crippen LogP contribution in [-0.2, 0) is 14.8 Å². The Hall–Kier alpha value is -0.630. The topological polar surface area (TPSA) is 66.5 Å². The van der Waals surface area contributed by atoms with E-state index >= 15 is 0 Å². The molecular formula is C12H14BrClN2O3S. The quantitative estimate of drug-likeness (QED) is 0.871. The molecule has 0 aliphatic carbocycles. The third-order valence-corrected chi connectivity index (χ3v) is 6.37. The van der Waals surface area contributed by atoms with Crippen LogP contribution in [0.3, 0.4) is 0 Å². The fourth-order valence-electron chi connectivity index (χ4n) is 2.23. The SMILES string of the molecule is CNC(=O)C1CCCN1S(=O)(=O)c1ccc(Cl)c(Br)c1. The summed E-state index contributed by atoms with van der Waals surface area (Å²) in [6.45, 7) is 0.348. The Bertz CT molecular complexity index is 636. The maximum absolute atomic E-state index is 12.6. The van der Waals surface area contributed by atoms with Gasteiger partial charge in [-0.2, -0.15) is 4.31 Å². The van der Waals surface area contributed by atoms with Crippen molar-refractivity contribution in [1.82, 2.24) is 9.62 Å². The fraction of sp³-hybridized carbons (Fsp3) is 0.417. The minimum Gasteiger partial charge on any atom is -0.358 e. The predicted octanol–water partition coefficient (Wildman–Crippen LogP) is 2.00. The first kappa shape index (κ1) is 15.8. The van der Waals surface area contributed by atoms with E-state index in [1.807, 2.05) is 0 Å². The van der Waals surface area contributed by atoms with Gasteiger partial charge < -0.3 is 5.32 Å². The van der Waals surface area contributed by atoms with Crippen LogP contribution >= 0.6 is 27.5 Å². The molecule has 0 radical (unpaired) electrons. The van der Waals surface area contributed by atoms with Crippen LogP contribution in [0, 0.1) is 0 Å². The smallest absolute Gasteiger partial charge is 0.243 e. The highest BCUT2D eigenvalue weighted by Gasteiger charge is 2.39. The van der Waals surface area contributed by atoms with Crippen LogP contribution in [0.5, 0.6) is 0 Å². The van der Waals surface area contributed by atoms with E-state index in [0.29, 0.717) is 28.9 Å². The minimum atomic E-state index is -3.70. The van der Waals surface area contributed by atoms with Crippen molar-refractivity contribution in [3.63, 3.8) is 0 Å². The molecule has 2 rings (SSSR count). The normalized spacial score (nSPS) is 20.1. The van der Waals surface area contributed by atoms with Gasteiger partial charge in [0.05, 0.1) is 9.92 Å². The van der Waals surface area contributed by atoms with Crippen molar-refractivity contribution in [3.05, 3.63) is 27.7 Å². The third kappa shape index (κ3) is 2.86. The Kier molecular flexibility index (Phi) is 4.73. The zero-order valence-electron chi connectivity index (χ0n) is 10.8. The molecular weight excluding hydrogens is 368 g/mol. The molecule has 20 heavy (non-hydrogen) atoms. The largest absolute Gasteiger partial charge is 0.358 e. The number of nitrogens with zero attached hydrogens (tertiary/aromatic N) is 1. The van der Waals surface area contributed by atoms with Crippen molar-refractivity contribution in [2.45, 2.75) is 23.8 Å². The van der Waals surface area contributed by atoms with E-state index in [1.54, 1.807) is 0 Å². The Balaban J connectivity index is 2.38. The van der Waals surface area contributed by atoms with E-state index < -0.39 is 16.1 Å². The molecule has 1 saturated heterocycles. The zero-order valence-corrected chi connectivity index (χ0v) is 13.9. The number of hydrogen-bond acceptors (Lipinski definition) is 3. The summed E-state index contributed by atoms with van der Waals surface area (Å²) in [5.41, 5.74) is 0. The van der Waals surface area contributed by atoms with Crippen LogP contribution in [0.1, 0.15) is 12.8 Å². The van der Waals surface area contributed by atoms with Gasteiger partial charge in [-0.1, -0.05) is 11.6 Å². The zero-order chi connectivity index (χ0) is 14.9. The number of carbonyl (C=O) groups excluding carboxylic acids is 1. The van der Waals surface area contributed by atoms with Gasteiger partial charge in [-0.15, -0.1) is 0 Å². The lowest BCUT2D eigenvalue weighted by molar-refractivity contribution is -0.123. The molecule has 0 saturated carbocycles. The number of hydrogen-bond donors (Lipinski definition) is 1. The first-order valence-corrected chi connectivity index (χ1v) is 8.67.